The van der Waals surface area contributed by atoms with E-state index in [-0.39, 0.29) is 10.6 Å². The number of unbranched alkanes of at least 4 members (excludes halogenated alkanes) is 1. The molecule has 0 aliphatic rings. The highest BCUT2D eigenvalue weighted by Gasteiger charge is 2.33. The van der Waals surface area contributed by atoms with Crippen LogP contribution in [0.2, 0.25) is 0 Å². The van der Waals surface area contributed by atoms with E-state index in [9.17, 15) is 13.2 Å². The summed E-state index contributed by atoms with van der Waals surface area (Å²) >= 11 is 1.19. The molecule has 0 radical (unpaired) electrons. The van der Waals surface area contributed by atoms with Crippen LogP contribution < -0.4 is 0 Å². The van der Waals surface area contributed by atoms with Crippen molar-refractivity contribution in [2.24, 2.45) is 0 Å². The predicted molar refractivity (Wildman–Crippen MR) is 59.6 cm³/mol. The lowest BCUT2D eigenvalue weighted by Gasteiger charge is -2.08. The molecule has 0 spiro atoms. The largest absolute Gasteiger partial charge is 0.433 e. The molecule has 0 fully saturated rings. The lowest BCUT2D eigenvalue weighted by atomic mass is 10.2. The fourth-order valence-corrected chi connectivity index (χ4v) is 2.17. The quantitative estimate of drug-likeness (QED) is 0.609. The third kappa shape index (κ3) is 3.93. The van der Waals surface area contributed by atoms with Crippen LogP contribution in [0, 0.1) is 11.3 Å². The number of aromatic nitrogens is 1. The Morgan fingerprint density at radius 1 is 1.41 bits per heavy atom. The van der Waals surface area contributed by atoms with Gasteiger partial charge in [-0.15, -0.1) is 11.8 Å². The van der Waals surface area contributed by atoms with Gasteiger partial charge in [-0.2, -0.15) is 18.4 Å². The van der Waals surface area contributed by atoms with Crippen molar-refractivity contribution in [3.63, 3.8) is 0 Å². The van der Waals surface area contributed by atoms with E-state index in [2.05, 4.69) is 4.98 Å². The minimum absolute atomic E-state index is 0.163. The average Bonchev–Trinajstić information content (AvgIpc) is 2.28. The van der Waals surface area contributed by atoms with E-state index in [0.717, 1.165) is 18.9 Å². The summed E-state index contributed by atoms with van der Waals surface area (Å²) in [4.78, 5) is 3.50. The van der Waals surface area contributed by atoms with Crippen molar-refractivity contribution in [2.45, 2.75) is 31.0 Å². The molecule has 0 aromatic carbocycles. The van der Waals surface area contributed by atoms with Crippen molar-refractivity contribution < 1.29 is 13.2 Å². The SMILES string of the molecule is CCCCSc1nc(C(F)(F)F)ccc1C#N. The molecule has 1 aromatic rings. The first-order chi connectivity index (χ1) is 7.99. The van der Waals surface area contributed by atoms with Crippen LogP contribution in [0.25, 0.3) is 0 Å². The number of nitrogens with zero attached hydrogens (tertiary/aromatic N) is 2. The van der Waals surface area contributed by atoms with Crippen LogP contribution in [0.15, 0.2) is 17.2 Å². The summed E-state index contributed by atoms with van der Waals surface area (Å²) in [5.41, 5.74) is -0.755. The molecule has 92 valence electrons. The topological polar surface area (TPSA) is 36.7 Å². The molecule has 0 atom stereocenters. The van der Waals surface area contributed by atoms with Gasteiger partial charge in [0.15, 0.2) is 0 Å². The minimum atomic E-state index is -4.46. The third-order valence-electron chi connectivity index (χ3n) is 2.01. The van der Waals surface area contributed by atoms with E-state index in [0.29, 0.717) is 5.75 Å². The molecule has 1 rings (SSSR count). The monoisotopic (exact) mass is 260 g/mol. The molecule has 2 nitrogen and oxygen atoms in total. The van der Waals surface area contributed by atoms with Gasteiger partial charge in [0.05, 0.1) is 5.56 Å². The van der Waals surface area contributed by atoms with Crippen molar-refractivity contribution in [3.05, 3.63) is 23.4 Å². The number of rotatable bonds is 4. The van der Waals surface area contributed by atoms with E-state index < -0.39 is 11.9 Å². The van der Waals surface area contributed by atoms with Crippen molar-refractivity contribution in [1.82, 2.24) is 4.98 Å². The van der Waals surface area contributed by atoms with Crippen LogP contribution in [0.5, 0.6) is 0 Å². The summed E-state index contributed by atoms with van der Waals surface area (Å²) in [5, 5.41) is 8.95. The number of thioether (sulfide) groups is 1. The Morgan fingerprint density at radius 2 is 2.12 bits per heavy atom. The lowest BCUT2D eigenvalue weighted by molar-refractivity contribution is -0.141. The molecule has 0 bridgehead atoms. The first-order valence-corrected chi connectivity index (χ1v) is 6.08. The van der Waals surface area contributed by atoms with Gasteiger partial charge < -0.3 is 0 Å². The van der Waals surface area contributed by atoms with Crippen LogP contribution in [0.3, 0.4) is 0 Å². The predicted octanol–water partition coefficient (Wildman–Crippen LogP) is 3.86. The summed E-state index contributed by atoms with van der Waals surface area (Å²) < 4.78 is 37.3. The standard InChI is InChI=1S/C11H11F3N2S/c1-2-3-6-17-10-8(7-15)4-5-9(16-10)11(12,13)14/h4-5H,2-3,6H2,1H3. The minimum Gasteiger partial charge on any atom is -0.236 e. The number of halogens is 3. The molecule has 0 saturated heterocycles. The number of hydrogen-bond donors (Lipinski definition) is 0. The van der Waals surface area contributed by atoms with Crippen molar-refractivity contribution in [3.8, 4) is 6.07 Å². The Morgan fingerprint density at radius 3 is 2.65 bits per heavy atom. The zero-order valence-electron chi connectivity index (χ0n) is 9.21. The van der Waals surface area contributed by atoms with E-state index in [1.165, 1.54) is 17.8 Å². The fourth-order valence-electron chi connectivity index (χ4n) is 1.11. The lowest BCUT2D eigenvalue weighted by Crippen LogP contribution is -2.08. The Labute approximate surface area is 102 Å². The summed E-state index contributed by atoms with van der Waals surface area (Å²) in [6.07, 6.45) is -2.63. The molecule has 0 N–H and O–H groups in total. The van der Waals surface area contributed by atoms with E-state index in [4.69, 9.17) is 5.26 Å². The summed E-state index contributed by atoms with van der Waals surface area (Å²) in [7, 11) is 0. The van der Waals surface area contributed by atoms with Crippen LogP contribution >= 0.6 is 11.8 Å². The van der Waals surface area contributed by atoms with Gasteiger partial charge in [-0.3, -0.25) is 0 Å². The average molecular weight is 260 g/mol. The summed E-state index contributed by atoms with van der Waals surface area (Å²) in [6, 6.07) is 3.86. The van der Waals surface area contributed by atoms with Gasteiger partial charge in [0.1, 0.15) is 16.8 Å². The summed E-state index contributed by atoms with van der Waals surface area (Å²) in [5.74, 6) is 0.666. The van der Waals surface area contributed by atoms with Gasteiger partial charge in [0, 0.05) is 0 Å². The third-order valence-corrected chi connectivity index (χ3v) is 3.09. The Bertz CT molecular complexity index is 424. The van der Waals surface area contributed by atoms with Gasteiger partial charge >= 0.3 is 6.18 Å². The van der Waals surface area contributed by atoms with Crippen LogP contribution in [0.4, 0.5) is 13.2 Å². The molecule has 6 heteroatoms. The molecule has 1 aromatic heterocycles. The Kier molecular flexibility index (Phi) is 4.82. The second-order valence-electron chi connectivity index (χ2n) is 3.36. The molecule has 0 aliphatic carbocycles. The maximum atomic E-state index is 12.4. The van der Waals surface area contributed by atoms with E-state index in [1.54, 1.807) is 0 Å². The summed E-state index contributed by atoms with van der Waals surface area (Å²) in [6.45, 7) is 1.99. The molecule has 1 heterocycles. The highest BCUT2D eigenvalue weighted by molar-refractivity contribution is 7.99. The highest BCUT2D eigenvalue weighted by Crippen LogP contribution is 2.30. The van der Waals surface area contributed by atoms with E-state index >= 15 is 0 Å². The number of pyridine rings is 1. The fraction of sp³-hybridized carbons (Fsp3) is 0.455. The number of alkyl halides is 3. The zero-order chi connectivity index (χ0) is 12.9. The maximum absolute atomic E-state index is 12.4. The second kappa shape index (κ2) is 5.92. The van der Waals surface area contributed by atoms with Crippen LogP contribution in [-0.4, -0.2) is 10.7 Å². The molecular formula is C11H11F3N2S. The van der Waals surface area contributed by atoms with Gasteiger partial charge in [-0.25, -0.2) is 4.98 Å². The van der Waals surface area contributed by atoms with Crippen LogP contribution in [0.1, 0.15) is 31.0 Å². The normalized spacial score (nSPS) is 11.2. The molecule has 0 amide bonds. The molecule has 17 heavy (non-hydrogen) atoms. The first-order valence-electron chi connectivity index (χ1n) is 5.10. The molecular weight excluding hydrogens is 249 g/mol. The van der Waals surface area contributed by atoms with Crippen molar-refractivity contribution in [2.75, 3.05) is 5.75 Å². The van der Waals surface area contributed by atoms with Gasteiger partial charge in [-0.05, 0) is 24.3 Å². The Balaban J connectivity index is 2.96. The first kappa shape index (κ1) is 13.8. The van der Waals surface area contributed by atoms with Crippen LogP contribution in [-0.2, 0) is 6.18 Å². The van der Waals surface area contributed by atoms with Gasteiger partial charge in [-0.1, -0.05) is 13.3 Å². The molecule has 0 saturated carbocycles. The van der Waals surface area contributed by atoms with E-state index in [1.807, 2.05) is 13.0 Å². The molecule has 0 aliphatic heterocycles. The van der Waals surface area contributed by atoms with Crippen molar-refractivity contribution >= 4 is 11.8 Å². The highest BCUT2D eigenvalue weighted by atomic mass is 32.2. The van der Waals surface area contributed by atoms with Crippen molar-refractivity contribution in [1.29, 1.82) is 5.26 Å². The second-order valence-corrected chi connectivity index (χ2v) is 4.44. The zero-order valence-corrected chi connectivity index (χ0v) is 10.0. The maximum Gasteiger partial charge on any atom is 0.433 e. The number of hydrogen-bond acceptors (Lipinski definition) is 3. The molecule has 0 unspecified atom stereocenters. The Hall–Kier alpha value is -1.22. The van der Waals surface area contributed by atoms with Gasteiger partial charge in [0.25, 0.3) is 0 Å². The van der Waals surface area contributed by atoms with Gasteiger partial charge in [0.2, 0.25) is 0 Å². The smallest absolute Gasteiger partial charge is 0.236 e. The number of nitriles is 1.